The Morgan fingerprint density at radius 2 is 1.77 bits per heavy atom. The normalized spacial score (nSPS) is 21.4. The van der Waals surface area contributed by atoms with Gasteiger partial charge in [0.25, 0.3) is 5.91 Å². The van der Waals surface area contributed by atoms with Gasteiger partial charge in [-0.3, -0.25) is 9.69 Å². The summed E-state index contributed by atoms with van der Waals surface area (Å²) < 4.78 is 0. The summed E-state index contributed by atoms with van der Waals surface area (Å²) in [6, 6.07) is 16.1. The minimum atomic E-state index is -0.0982. The molecule has 0 bridgehead atoms. The molecule has 1 fully saturated rings. The minimum Gasteiger partial charge on any atom is -0.508 e. The van der Waals surface area contributed by atoms with Gasteiger partial charge in [-0.2, -0.15) is 0 Å². The fraction of sp³-hybridized carbons (Fsp3) is 0.480. The first kappa shape index (κ1) is 22.3. The van der Waals surface area contributed by atoms with Crippen molar-refractivity contribution >= 4 is 5.91 Å². The highest BCUT2D eigenvalue weighted by atomic mass is 16.3. The first-order valence-electron chi connectivity index (χ1n) is 11.0. The highest BCUT2D eigenvalue weighted by Gasteiger charge is 2.35. The second-order valence-corrected chi connectivity index (χ2v) is 8.40. The molecule has 1 heterocycles. The van der Waals surface area contributed by atoms with Gasteiger partial charge in [0.05, 0.1) is 6.04 Å². The van der Waals surface area contributed by atoms with Crippen LogP contribution in [-0.2, 0) is 0 Å². The zero-order valence-electron chi connectivity index (χ0n) is 18.9. The van der Waals surface area contributed by atoms with Crippen LogP contribution in [0.1, 0.15) is 55.2 Å². The third-order valence-electron chi connectivity index (χ3n) is 6.40. The van der Waals surface area contributed by atoms with Crippen molar-refractivity contribution in [3.05, 3.63) is 65.2 Å². The summed E-state index contributed by atoms with van der Waals surface area (Å²) in [5.74, 6) is 0.315. The molecule has 1 aliphatic rings. The Morgan fingerprint density at radius 1 is 1.07 bits per heavy atom. The lowest BCUT2D eigenvalue weighted by atomic mass is 9.90. The van der Waals surface area contributed by atoms with Crippen molar-refractivity contribution in [2.24, 2.45) is 0 Å². The number of benzene rings is 2. The van der Waals surface area contributed by atoms with Crippen LogP contribution < -0.4 is 0 Å². The van der Waals surface area contributed by atoms with Gasteiger partial charge >= 0.3 is 0 Å². The number of likely N-dealkylation sites (N-methyl/N-ethyl adjacent to an activating group) is 1. The molecule has 1 N–H and O–H groups in total. The van der Waals surface area contributed by atoms with Crippen molar-refractivity contribution in [1.29, 1.82) is 0 Å². The number of nitrogens with zero attached hydrogens (tertiary/aromatic N) is 3. The molecule has 3 rings (SSSR count). The van der Waals surface area contributed by atoms with Crippen LogP contribution >= 0.6 is 0 Å². The third kappa shape index (κ3) is 4.52. The molecule has 0 aliphatic carbocycles. The van der Waals surface area contributed by atoms with E-state index in [2.05, 4.69) is 42.8 Å². The Bertz CT molecular complexity index is 865. The smallest absolute Gasteiger partial charge is 0.254 e. The average molecular weight is 410 g/mol. The summed E-state index contributed by atoms with van der Waals surface area (Å²) in [6.07, 6.45) is 0. The number of rotatable bonds is 6. The summed E-state index contributed by atoms with van der Waals surface area (Å²) in [6.45, 7) is 11.7. The van der Waals surface area contributed by atoms with Crippen molar-refractivity contribution in [3.8, 4) is 5.75 Å². The van der Waals surface area contributed by atoms with Gasteiger partial charge in [-0.05, 0) is 64.1 Å². The summed E-state index contributed by atoms with van der Waals surface area (Å²) >= 11 is 0. The lowest BCUT2D eigenvalue weighted by molar-refractivity contribution is 0.0384. The molecule has 0 radical (unpaired) electrons. The summed E-state index contributed by atoms with van der Waals surface area (Å²) in [4.78, 5) is 20.1. The van der Waals surface area contributed by atoms with Crippen LogP contribution in [0.4, 0.5) is 0 Å². The topological polar surface area (TPSA) is 47.0 Å². The van der Waals surface area contributed by atoms with Gasteiger partial charge in [0.15, 0.2) is 0 Å². The van der Waals surface area contributed by atoms with Gasteiger partial charge in [-0.15, -0.1) is 0 Å². The average Bonchev–Trinajstić information content (AvgIpc) is 2.73. The van der Waals surface area contributed by atoms with Crippen LogP contribution in [0.25, 0.3) is 0 Å². The van der Waals surface area contributed by atoms with E-state index in [1.807, 2.05) is 49.1 Å². The molecule has 0 aromatic heterocycles. The molecule has 1 saturated heterocycles. The monoisotopic (exact) mass is 409 g/mol. The largest absolute Gasteiger partial charge is 0.508 e. The number of carbonyl (C=O) groups excluding carboxylic acids is 1. The maximum Gasteiger partial charge on any atom is 0.254 e. The van der Waals surface area contributed by atoms with E-state index < -0.39 is 0 Å². The molecule has 2 aromatic carbocycles. The third-order valence-corrected chi connectivity index (χ3v) is 6.40. The summed E-state index contributed by atoms with van der Waals surface area (Å²) in [5.41, 5.74) is 2.76. The van der Waals surface area contributed by atoms with Gasteiger partial charge in [0.1, 0.15) is 5.75 Å². The van der Waals surface area contributed by atoms with Crippen molar-refractivity contribution in [3.63, 3.8) is 0 Å². The van der Waals surface area contributed by atoms with Crippen LogP contribution in [0.15, 0.2) is 48.5 Å². The molecule has 162 valence electrons. The van der Waals surface area contributed by atoms with Gasteiger partial charge in [0.2, 0.25) is 0 Å². The second-order valence-electron chi connectivity index (χ2n) is 8.40. The summed E-state index contributed by atoms with van der Waals surface area (Å²) in [5, 5.41) is 10.2. The molecule has 0 unspecified atom stereocenters. The van der Waals surface area contributed by atoms with Crippen LogP contribution in [0.3, 0.4) is 0 Å². The van der Waals surface area contributed by atoms with Gasteiger partial charge in [0, 0.05) is 43.8 Å². The lowest BCUT2D eigenvalue weighted by Gasteiger charge is -2.46. The van der Waals surface area contributed by atoms with Crippen LogP contribution in [-0.4, -0.2) is 71.0 Å². The van der Waals surface area contributed by atoms with Gasteiger partial charge in [-0.1, -0.05) is 30.3 Å². The Morgan fingerprint density at radius 3 is 2.43 bits per heavy atom. The quantitative estimate of drug-likeness (QED) is 0.784. The molecular formula is C25H35N3O2. The van der Waals surface area contributed by atoms with E-state index in [0.29, 0.717) is 25.2 Å². The van der Waals surface area contributed by atoms with E-state index in [4.69, 9.17) is 0 Å². The first-order chi connectivity index (χ1) is 14.4. The van der Waals surface area contributed by atoms with Crippen molar-refractivity contribution in [2.75, 3.05) is 33.2 Å². The predicted molar refractivity (Wildman–Crippen MR) is 122 cm³/mol. The van der Waals surface area contributed by atoms with E-state index in [1.165, 1.54) is 0 Å². The minimum absolute atomic E-state index is 0.0654. The maximum atomic E-state index is 13.4. The van der Waals surface area contributed by atoms with E-state index in [1.54, 1.807) is 6.07 Å². The Hall–Kier alpha value is -2.37. The zero-order valence-corrected chi connectivity index (χ0v) is 18.9. The fourth-order valence-corrected chi connectivity index (χ4v) is 4.54. The molecule has 5 heteroatoms. The van der Waals surface area contributed by atoms with Crippen LogP contribution in [0.2, 0.25) is 0 Å². The molecule has 0 saturated carbocycles. The SMILES string of the molecule is CCN(CC)C(=O)c1ccccc1[C@@H](c1cccc(O)c1)N1C[C@H](C)N(C)C[C@H]1C. The number of hydrogen-bond donors (Lipinski definition) is 1. The van der Waals surface area contributed by atoms with Crippen molar-refractivity contribution in [1.82, 2.24) is 14.7 Å². The first-order valence-corrected chi connectivity index (χ1v) is 11.0. The van der Waals surface area contributed by atoms with Crippen LogP contribution in [0.5, 0.6) is 5.75 Å². The van der Waals surface area contributed by atoms with E-state index in [-0.39, 0.29) is 17.7 Å². The van der Waals surface area contributed by atoms with E-state index in [0.717, 1.165) is 29.8 Å². The molecule has 2 aromatic rings. The second kappa shape index (κ2) is 9.63. The number of aromatic hydroxyl groups is 1. The Kier molecular flexibility index (Phi) is 7.16. The number of carbonyl (C=O) groups is 1. The highest BCUT2D eigenvalue weighted by Crippen LogP contribution is 2.36. The van der Waals surface area contributed by atoms with Gasteiger partial charge in [-0.25, -0.2) is 0 Å². The molecule has 0 spiro atoms. The van der Waals surface area contributed by atoms with Crippen LogP contribution in [0, 0.1) is 0 Å². The molecule has 30 heavy (non-hydrogen) atoms. The van der Waals surface area contributed by atoms with Crippen molar-refractivity contribution < 1.29 is 9.90 Å². The lowest BCUT2D eigenvalue weighted by Crippen LogP contribution is -2.56. The number of piperazine rings is 1. The molecule has 1 aliphatic heterocycles. The molecule has 3 atom stereocenters. The fourth-order valence-electron chi connectivity index (χ4n) is 4.54. The number of hydrogen-bond acceptors (Lipinski definition) is 4. The molecule has 5 nitrogen and oxygen atoms in total. The molecule has 1 amide bonds. The highest BCUT2D eigenvalue weighted by molar-refractivity contribution is 5.96. The molecular weight excluding hydrogens is 374 g/mol. The Labute approximate surface area is 180 Å². The number of phenolic OH excluding ortho intramolecular Hbond substituents is 1. The van der Waals surface area contributed by atoms with Crippen molar-refractivity contribution in [2.45, 2.75) is 45.8 Å². The van der Waals surface area contributed by atoms with Gasteiger partial charge < -0.3 is 14.9 Å². The number of amides is 1. The zero-order chi connectivity index (χ0) is 21.8. The standard InChI is InChI=1S/C25H35N3O2/c1-6-27(7-2)25(30)23-14-9-8-13-22(23)24(20-11-10-12-21(29)15-20)28-17-18(3)26(5)16-19(28)4/h8-15,18-19,24,29H,6-7,16-17H2,1-5H3/t18-,19+,24+/m0/s1. The van der Waals surface area contributed by atoms with E-state index in [9.17, 15) is 9.90 Å². The summed E-state index contributed by atoms with van der Waals surface area (Å²) in [7, 11) is 2.17. The van der Waals surface area contributed by atoms with E-state index >= 15 is 0 Å². The predicted octanol–water partition coefficient (Wildman–Crippen LogP) is 3.99. The number of phenols is 1. The Balaban J connectivity index is 2.14. The maximum absolute atomic E-state index is 13.4.